The van der Waals surface area contributed by atoms with Gasteiger partial charge in [-0.3, -0.25) is 9.59 Å². The number of carboxylic acid groups (broad SMARTS) is 2. The maximum absolute atomic E-state index is 10.1. The molecule has 0 amide bonds. The number of aliphatic carboxylic acids is 2. The van der Waals surface area contributed by atoms with Crippen molar-refractivity contribution in [2.24, 2.45) is 0 Å². The summed E-state index contributed by atoms with van der Waals surface area (Å²) in [5.74, 6) is -2.11. The number of rotatable bonds is 5. The molecule has 0 aliphatic carbocycles. The lowest BCUT2D eigenvalue weighted by molar-refractivity contribution is -0.143. The first kappa shape index (κ1) is 9.90. The Morgan fingerprint density at radius 3 is 1.82 bits per heavy atom. The minimum atomic E-state index is -1.06. The van der Waals surface area contributed by atoms with Crippen molar-refractivity contribution in [2.45, 2.75) is 18.9 Å². The largest absolute Gasteiger partial charge is 0.481 e. The molecule has 5 nitrogen and oxygen atoms in total. The lowest BCUT2D eigenvalue weighted by Gasteiger charge is -2.08. The summed E-state index contributed by atoms with van der Waals surface area (Å²) in [6, 6.07) is 0. The van der Waals surface area contributed by atoms with Crippen LogP contribution in [0.4, 0.5) is 0 Å². The molecule has 0 saturated heterocycles. The minimum absolute atomic E-state index is 0.275. The fraction of sp³-hybridized carbons (Fsp3) is 0.667. The maximum atomic E-state index is 10.1. The molecule has 0 aromatic rings. The monoisotopic (exact) mass is 162 g/mol. The van der Waals surface area contributed by atoms with Crippen molar-refractivity contribution < 1.29 is 24.5 Å². The van der Waals surface area contributed by atoms with Crippen molar-refractivity contribution in [3.05, 3.63) is 0 Å². The zero-order valence-corrected chi connectivity index (χ0v) is 6.11. The Bertz CT molecular complexity index is 137. The van der Waals surface area contributed by atoms with E-state index in [-0.39, 0.29) is 12.8 Å². The van der Waals surface area contributed by atoms with Gasteiger partial charge in [0.1, 0.15) is 0 Å². The van der Waals surface area contributed by atoms with Crippen LogP contribution in [0.3, 0.4) is 0 Å². The minimum Gasteiger partial charge on any atom is -0.481 e. The molecule has 11 heavy (non-hydrogen) atoms. The van der Waals surface area contributed by atoms with Crippen LogP contribution in [0.5, 0.6) is 0 Å². The first-order valence-corrected chi connectivity index (χ1v) is 3.02. The van der Waals surface area contributed by atoms with Gasteiger partial charge in [-0.1, -0.05) is 0 Å². The molecule has 2 N–H and O–H groups in total. The highest BCUT2D eigenvalue weighted by Gasteiger charge is 2.15. The third kappa shape index (κ3) is 5.35. The Morgan fingerprint density at radius 2 is 1.64 bits per heavy atom. The normalized spacial score (nSPS) is 10.0. The number of hydrogen-bond acceptors (Lipinski definition) is 3. The van der Waals surface area contributed by atoms with Gasteiger partial charge in [-0.25, -0.2) is 0 Å². The molecule has 0 spiro atoms. The highest BCUT2D eigenvalue weighted by atomic mass is 16.5. The molecule has 0 fully saturated rings. The molecular weight excluding hydrogens is 152 g/mol. The van der Waals surface area contributed by atoms with Crippen LogP contribution in [0.1, 0.15) is 12.8 Å². The zero-order valence-electron chi connectivity index (χ0n) is 6.11. The predicted molar refractivity (Wildman–Crippen MR) is 35.3 cm³/mol. The molecule has 0 atom stereocenters. The van der Waals surface area contributed by atoms with Gasteiger partial charge in [0.2, 0.25) is 0 Å². The SMILES string of the molecule is COC(CC(=O)O)CC(=O)O. The van der Waals surface area contributed by atoms with Crippen LogP contribution < -0.4 is 0 Å². The van der Waals surface area contributed by atoms with Crippen molar-refractivity contribution in [2.75, 3.05) is 7.11 Å². The summed E-state index contributed by atoms with van der Waals surface area (Å²) in [5, 5.41) is 16.5. The van der Waals surface area contributed by atoms with Gasteiger partial charge in [-0.05, 0) is 0 Å². The summed E-state index contributed by atoms with van der Waals surface area (Å²) < 4.78 is 4.61. The van der Waals surface area contributed by atoms with E-state index in [1.165, 1.54) is 7.11 Å². The highest BCUT2D eigenvalue weighted by molar-refractivity contribution is 5.71. The van der Waals surface area contributed by atoms with Crippen LogP contribution in [-0.4, -0.2) is 35.4 Å². The average molecular weight is 162 g/mol. The average Bonchev–Trinajstić information content (AvgIpc) is 1.84. The second kappa shape index (κ2) is 4.68. The van der Waals surface area contributed by atoms with Gasteiger partial charge in [0.15, 0.2) is 0 Å². The number of ether oxygens (including phenoxy) is 1. The molecule has 0 aromatic carbocycles. The summed E-state index contributed by atoms with van der Waals surface area (Å²) in [4.78, 5) is 20.2. The van der Waals surface area contributed by atoms with Crippen LogP contribution in [0.25, 0.3) is 0 Å². The second-order valence-electron chi connectivity index (χ2n) is 2.05. The Morgan fingerprint density at radius 1 is 1.27 bits per heavy atom. The summed E-state index contributed by atoms with van der Waals surface area (Å²) >= 11 is 0. The van der Waals surface area contributed by atoms with Crippen LogP contribution in [0.2, 0.25) is 0 Å². The predicted octanol–water partition coefficient (Wildman–Crippen LogP) is -0.0492. The van der Waals surface area contributed by atoms with Gasteiger partial charge in [0, 0.05) is 7.11 Å². The van der Waals surface area contributed by atoms with Crippen molar-refractivity contribution in [1.82, 2.24) is 0 Å². The molecule has 0 saturated carbocycles. The van der Waals surface area contributed by atoms with Crippen LogP contribution in [0.15, 0.2) is 0 Å². The van der Waals surface area contributed by atoms with Crippen LogP contribution >= 0.6 is 0 Å². The topological polar surface area (TPSA) is 83.8 Å². The van der Waals surface area contributed by atoms with E-state index in [4.69, 9.17) is 10.2 Å². The van der Waals surface area contributed by atoms with E-state index in [1.807, 2.05) is 0 Å². The highest BCUT2D eigenvalue weighted by Crippen LogP contribution is 2.02. The van der Waals surface area contributed by atoms with E-state index in [0.29, 0.717) is 0 Å². The molecule has 0 radical (unpaired) electrons. The van der Waals surface area contributed by atoms with Crippen LogP contribution in [0, 0.1) is 0 Å². The van der Waals surface area contributed by atoms with E-state index < -0.39 is 18.0 Å². The number of methoxy groups -OCH3 is 1. The number of hydrogen-bond donors (Lipinski definition) is 2. The van der Waals surface area contributed by atoms with Gasteiger partial charge >= 0.3 is 11.9 Å². The lowest BCUT2D eigenvalue weighted by Crippen LogP contribution is -2.19. The van der Waals surface area contributed by atoms with Crippen molar-refractivity contribution in [3.8, 4) is 0 Å². The molecule has 0 heterocycles. The number of carboxylic acids is 2. The number of carbonyl (C=O) groups is 2. The fourth-order valence-corrected chi connectivity index (χ4v) is 0.628. The quantitative estimate of drug-likeness (QED) is 0.592. The molecule has 0 rings (SSSR count). The van der Waals surface area contributed by atoms with Gasteiger partial charge in [0.05, 0.1) is 18.9 Å². The summed E-state index contributed by atoms with van der Waals surface area (Å²) in [7, 11) is 1.29. The van der Waals surface area contributed by atoms with E-state index >= 15 is 0 Å². The van der Waals surface area contributed by atoms with Crippen molar-refractivity contribution in [1.29, 1.82) is 0 Å². The molecule has 5 heteroatoms. The van der Waals surface area contributed by atoms with Gasteiger partial charge in [-0.15, -0.1) is 0 Å². The second-order valence-corrected chi connectivity index (χ2v) is 2.05. The van der Waals surface area contributed by atoms with Gasteiger partial charge < -0.3 is 14.9 Å². The third-order valence-corrected chi connectivity index (χ3v) is 1.14. The molecule has 0 aliphatic rings. The fourth-order valence-electron chi connectivity index (χ4n) is 0.628. The smallest absolute Gasteiger partial charge is 0.305 e. The summed E-state index contributed by atoms with van der Waals surface area (Å²) in [6.45, 7) is 0. The van der Waals surface area contributed by atoms with Crippen molar-refractivity contribution in [3.63, 3.8) is 0 Å². The molecule has 0 aromatic heterocycles. The van der Waals surface area contributed by atoms with E-state index in [9.17, 15) is 9.59 Å². The van der Waals surface area contributed by atoms with Crippen LogP contribution in [-0.2, 0) is 14.3 Å². The maximum Gasteiger partial charge on any atom is 0.305 e. The molecule has 64 valence electrons. The Hall–Kier alpha value is -1.10. The van der Waals surface area contributed by atoms with E-state index in [2.05, 4.69) is 4.74 Å². The standard InChI is InChI=1S/C6H10O5/c1-11-4(2-5(7)8)3-6(9)10/h4H,2-3H2,1H3,(H,7,8)(H,9,10). The Labute approximate surface area is 63.6 Å². The zero-order chi connectivity index (χ0) is 8.85. The first-order valence-electron chi connectivity index (χ1n) is 3.02. The Balaban J connectivity index is 3.76. The van der Waals surface area contributed by atoms with Gasteiger partial charge in [-0.2, -0.15) is 0 Å². The lowest BCUT2D eigenvalue weighted by atomic mass is 10.2. The van der Waals surface area contributed by atoms with E-state index in [1.54, 1.807) is 0 Å². The third-order valence-electron chi connectivity index (χ3n) is 1.14. The van der Waals surface area contributed by atoms with Crippen molar-refractivity contribution >= 4 is 11.9 Å². The molecule has 0 aliphatic heterocycles. The molecule has 0 unspecified atom stereocenters. The summed E-state index contributed by atoms with van der Waals surface area (Å²) in [5.41, 5.74) is 0. The van der Waals surface area contributed by atoms with E-state index in [0.717, 1.165) is 0 Å². The summed E-state index contributed by atoms with van der Waals surface area (Å²) in [6.07, 6.45) is -1.28. The molecule has 0 bridgehead atoms. The molecular formula is C6H10O5. The Kier molecular flexibility index (Phi) is 4.21. The first-order chi connectivity index (χ1) is 5.06. The van der Waals surface area contributed by atoms with Gasteiger partial charge in [0.25, 0.3) is 0 Å².